The highest BCUT2D eigenvalue weighted by Gasteiger charge is 2.29. The Labute approximate surface area is 80.2 Å². The van der Waals surface area contributed by atoms with Crippen LogP contribution in [0, 0.1) is 0 Å². The van der Waals surface area contributed by atoms with Crippen molar-refractivity contribution in [3.63, 3.8) is 0 Å². The van der Waals surface area contributed by atoms with E-state index in [1.807, 2.05) is 19.9 Å². The van der Waals surface area contributed by atoms with Gasteiger partial charge in [-0.25, -0.2) is 0 Å². The lowest BCUT2D eigenvalue weighted by atomic mass is 10.1. The average Bonchev–Trinajstić information content (AvgIpc) is 2.52. The molecule has 0 spiro atoms. The van der Waals surface area contributed by atoms with E-state index in [0.29, 0.717) is 0 Å². The number of hydrogen-bond donors (Lipinski definition) is 0. The second kappa shape index (κ2) is 4.58. The third kappa shape index (κ3) is 3.33. The first-order valence-corrected chi connectivity index (χ1v) is 4.73. The van der Waals surface area contributed by atoms with E-state index in [4.69, 9.17) is 9.47 Å². The minimum absolute atomic E-state index is 0.349. The van der Waals surface area contributed by atoms with Crippen molar-refractivity contribution in [1.82, 2.24) is 0 Å². The average molecular weight is 182 g/mol. The summed E-state index contributed by atoms with van der Waals surface area (Å²) in [6.45, 7) is 9.19. The molecule has 1 aliphatic rings. The maximum absolute atomic E-state index is 5.48. The van der Waals surface area contributed by atoms with Crippen molar-refractivity contribution in [1.29, 1.82) is 0 Å². The van der Waals surface area contributed by atoms with Gasteiger partial charge in [0, 0.05) is 6.42 Å². The van der Waals surface area contributed by atoms with Crippen molar-refractivity contribution in [2.45, 2.75) is 32.5 Å². The van der Waals surface area contributed by atoms with Crippen LogP contribution in [0.2, 0.25) is 0 Å². The molecule has 74 valence electrons. The minimum Gasteiger partial charge on any atom is -0.348 e. The molecule has 1 rings (SSSR count). The maximum Gasteiger partial charge on any atom is 0.166 e. The Balaban J connectivity index is 2.29. The van der Waals surface area contributed by atoms with Gasteiger partial charge in [-0.2, -0.15) is 0 Å². The monoisotopic (exact) mass is 182 g/mol. The van der Waals surface area contributed by atoms with E-state index in [2.05, 4.69) is 12.7 Å². The van der Waals surface area contributed by atoms with Crippen molar-refractivity contribution in [2.24, 2.45) is 0 Å². The number of rotatable bonds is 4. The fraction of sp³-hybridized carbons (Fsp3) is 0.636. The zero-order valence-electron chi connectivity index (χ0n) is 8.51. The lowest BCUT2D eigenvalue weighted by Gasteiger charge is -2.21. The molecule has 0 aliphatic carbocycles. The summed E-state index contributed by atoms with van der Waals surface area (Å²) in [7, 11) is 0. The SMILES string of the molecule is C=C/C(C)=C/CCC1(C)OCCO1. The first-order valence-electron chi connectivity index (χ1n) is 4.73. The Hall–Kier alpha value is -0.600. The molecule has 1 fully saturated rings. The third-order valence-corrected chi connectivity index (χ3v) is 2.28. The maximum atomic E-state index is 5.48. The highest BCUT2D eigenvalue weighted by Crippen LogP contribution is 2.24. The molecule has 0 aromatic rings. The predicted octanol–water partition coefficient (Wildman–Crippen LogP) is 2.66. The Morgan fingerprint density at radius 1 is 1.46 bits per heavy atom. The quantitative estimate of drug-likeness (QED) is 0.622. The Morgan fingerprint density at radius 3 is 2.62 bits per heavy atom. The molecule has 1 heterocycles. The van der Waals surface area contributed by atoms with Gasteiger partial charge in [-0.05, 0) is 20.3 Å². The van der Waals surface area contributed by atoms with E-state index in [0.717, 1.165) is 26.1 Å². The smallest absolute Gasteiger partial charge is 0.166 e. The molecule has 0 saturated carbocycles. The van der Waals surface area contributed by atoms with Crippen LogP contribution in [-0.4, -0.2) is 19.0 Å². The van der Waals surface area contributed by atoms with Crippen LogP contribution in [0.1, 0.15) is 26.7 Å². The second-order valence-electron chi connectivity index (χ2n) is 3.52. The van der Waals surface area contributed by atoms with Crippen LogP contribution >= 0.6 is 0 Å². The summed E-state index contributed by atoms with van der Waals surface area (Å²) in [5.41, 5.74) is 1.21. The fourth-order valence-corrected chi connectivity index (χ4v) is 1.35. The van der Waals surface area contributed by atoms with Gasteiger partial charge in [0.2, 0.25) is 0 Å². The van der Waals surface area contributed by atoms with Gasteiger partial charge in [0.25, 0.3) is 0 Å². The lowest BCUT2D eigenvalue weighted by molar-refractivity contribution is -0.145. The Kier molecular flexibility index (Phi) is 3.70. The number of ether oxygens (including phenoxy) is 2. The first-order chi connectivity index (χ1) is 6.16. The molecule has 0 aromatic carbocycles. The highest BCUT2D eigenvalue weighted by molar-refractivity contribution is 5.12. The summed E-state index contributed by atoms with van der Waals surface area (Å²) in [6, 6.07) is 0. The molecule has 0 aromatic heterocycles. The van der Waals surface area contributed by atoms with Crippen LogP contribution in [0.5, 0.6) is 0 Å². The molecule has 1 saturated heterocycles. The molecule has 0 unspecified atom stereocenters. The van der Waals surface area contributed by atoms with Gasteiger partial charge in [0.15, 0.2) is 5.79 Å². The van der Waals surface area contributed by atoms with Crippen LogP contribution in [0.15, 0.2) is 24.3 Å². The standard InChI is InChI=1S/C11H18O2/c1-4-10(2)6-5-7-11(3)12-8-9-13-11/h4,6H,1,5,7-9H2,2-3H3/b10-6+. The van der Waals surface area contributed by atoms with Crippen molar-refractivity contribution in [2.75, 3.05) is 13.2 Å². The third-order valence-electron chi connectivity index (χ3n) is 2.28. The summed E-state index contributed by atoms with van der Waals surface area (Å²) in [5, 5.41) is 0. The summed E-state index contributed by atoms with van der Waals surface area (Å²) >= 11 is 0. The molecule has 2 nitrogen and oxygen atoms in total. The Morgan fingerprint density at radius 2 is 2.08 bits per heavy atom. The van der Waals surface area contributed by atoms with Crippen molar-refractivity contribution in [3.05, 3.63) is 24.3 Å². The molecular weight excluding hydrogens is 164 g/mol. The number of allylic oxidation sites excluding steroid dienone is 3. The van der Waals surface area contributed by atoms with Gasteiger partial charge in [-0.15, -0.1) is 0 Å². The van der Waals surface area contributed by atoms with Crippen LogP contribution in [0.25, 0.3) is 0 Å². The van der Waals surface area contributed by atoms with Crippen molar-refractivity contribution < 1.29 is 9.47 Å². The molecule has 0 bridgehead atoms. The van der Waals surface area contributed by atoms with Crippen LogP contribution < -0.4 is 0 Å². The van der Waals surface area contributed by atoms with E-state index in [1.54, 1.807) is 0 Å². The van der Waals surface area contributed by atoms with Gasteiger partial charge in [-0.1, -0.05) is 24.3 Å². The highest BCUT2D eigenvalue weighted by atomic mass is 16.7. The van der Waals surface area contributed by atoms with Crippen LogP contribution in [0.3, 0.4) is 0 Å². The molecule has 13 heavy (non-hydrogen) atoms. The molecule has 0 radical (unpaired) electrons. The normalized spacial score (nSPS) is 21.8. The molecule has 0 amide bonds. The minimum atomic E-state index is -0.349. The molecular formula is C11H18O2. The van der Waals surface area contributed by atoms with Gasteiger partial charge >= 0.3 is 0 Å². The molecule has 0 N–H and O–H groups in total. The fourth-order valence-electron chi connectivity index (χ4n) is 1.35. The summed E-state index contributed by atoms with van der Waals surface area (Å²) < 4.78 is 11.0. The second-order valence-corrected chi connectivity index (χ2v) is 3.52. The van der Waals surface area contributed by atoms with Gasteiger partial charge < -0.3 is 9.47 Å². The van der Waals surface area contributed by atoms with E-state index >= 15 is 0 Å². The van der Waals surface area contributed by atoms with Gasteiger partial charge in [0.05, 0.1) is 13.2 Å². The lowest BCUT2D eigenvalue weighted by Crippen LogP contribution is -2.24. The molecule has 2 heteroatoms. The summed E-state index contributed by atoms with van der Waals surface area (Å²) in [5.74, 6) is -0.349. The predicted molar refractivity (Wildman–Crippen MR) is 53.5 cm³/mol. The first kappa shape index (κ1) is 10.5. The largest absolute Gasteiger partial charge is 0.348 e. The van der Waals surface area contributed by atoms with Crippen LogP contribution in [-0.2, 0) is 9.47 Å². The van der Waals surface area contributed by atoms with E-state index < -0.39 is 0 Å². The topological polar surface area (TPSA) is 18.5 Å². The van der Waals surface area contributed by atoms with E-state index in [1.165, 1.54) is 5.57 Å². The zero-order chi connectivity index (χ0) is 9.73. The van der Waals surface area contributed by atoms with E-state index in [-0.39, 0.29) is 5.79 Å². The molecule has 1 aliphatic heterocycles. The van der Waals surface area contributed by atoms with Gasteiger partial charge in [-0.3, -0.25) is 0 Å². The Bertz CT molecular complexity index is 200. The number of hydrogen-bond acceptors (Lipinski definition) is 2. The molecule has 0 atom stereocenters. The van der Waals surface area contributed by atoms with Crippen molar-refractivity contribution >= 4 is 0 Å². The van der Waals surface area contributed by atoms with Gasteiger partial charge in [0.1, 0.15) is 0 Å². The summed E-state index contributed by atoms with van der Waals surface area (Å²) in [6.07, 6.45) is 5.91. The van der Waals surface area contributed by atoms with E-state index in [9.17, 15) is 0 Å². The zero-order valence-corrected chi connectivity index (χ0v) is 8.51. The summed E-state index contributed by atoms with van der Waals surface area (Å²) in [4.78, 5) is 0. The van der Waals surface area contributed by atoms with Crippen LogP contribution in [0.4, 0.5) is 0 Å². The van der Waals surface area contributed by atoms with Crippen molar-refractivity contribution in [3.8, 4) is 0 Å².